The van der Waals surface area contributed by atoms with Gasteiger partial charge in [-0.1, -0.05) is 5.16 Å². The van der Waals surface area contributed by atoms with Crippen molar-refractivity contribution in [2.24, 2.45) is 16.8 Å². The highest BCUT2D eigenvalue weighted by Gasteiger charge is 2.17. The van der Waals surface area contributed by atoms with Crippen LogP contribution in [0.2, 0.25) is 0 Å². The molecule has 0 bridgehead atoms. The molecule has 1 atom stereocenters. The molecule has 0 heterocycles. The number of oxime groups is 1. The Labute approximate surface area is 88.2 Å². The molecule has 0 aromatic rings. The van der Waals surface area contributed by atoms with E-state index in [0.29, 0.717) is 0 Å². The van der Waals surface area contributed by atoms with Gasteiger partial charge in [0.05, 0.1) is 11.7 Å². The summed E-state index contributed by atoms with van der Waals surface area (Å²) in [5.74, 6) is -1.61. The summed E-state index contributed by atoms with van der Waals surface area (Å²) in [6.45, 7) is 1.46. The van der Waals surface area contributed by atoms with Crippen LogP contribution >= 0.6 is 0 Å². The van der Waals surface area contributed by atoms with Crippen molar-refractivity contribution in [3.05, 3.63) is 0 Å². The molecule has 0 fully saturated rings. The maximum atomic E-state index is 11.3. The standard InChI is InChI=1S/C7H15N3O4S/c1-5(6(8)10-12)7(11)9-3-4-15(2,13)14/h5,12H,3-4H2,1-2H3,(H2,8,10)(H,9,11). The van der Waals surface area contributed by atoms with Crippen molar-refractivity contribution in [1.82, 2.24) is 5.32 Å². The maximum Gasteiger partial charge on any atom is 0.230 e. The molecule has 0 aliphatic heterocycles. The van der Waals surface area contributed by atoms with Crippen molar-refractivity contribution in [2.75, 3.05) is 18.6 Å². The lowest BCUT2D eigenvalue weighted by atomic mass is 10.1. The fourth-order valence-electron chi connectivity index (χ4n) is 0.734. The van der Waals surface area contributed by atoms with Crippen molar-refractivity contribution in [3.8, 4) is 0 Å². The second kappa shape index (κ2) is 5.54. The summed E-state index contributed by atoms with van der Waals surface area (Å²) in [6, 6.07) is 0. The molecule has 0 aromatic heterocycles. The summed E-state index contributed by atoms with van der Waals surface area (Å²) >= 11 is 0. The highest BCUT2D eigenvalue weighted by Crippen LogP contribution is 1.94. The number of sulfone groups is 1. The third-order valence-electron chi connectivity index (χ3n) is 1.72. The minimum absolute atomic E-state index is 0.0146. The first-order chi connectivity index (χ1) is 6.78. The van der Waals surface area contributed by atoms with E-state index in [1.807, 2.05) is 0 Å². The molecule has 4 N–H and O–H groups in total. The number of hydrogen-bond donors (Lipinski definition) is 3. The topological polar surface area (TPSA) is 122 Å². The van der Waals surface area contributed by atoms with Gasteiger partial charge < -0.3 is 16.3 Å². The number of amides is 1. The van der Waals surface area contributed by atoms with Gasteiger partial charge in [-0.3, -0.25) is 4.79 Å². The highest BCUT2D eigenvalue weighted by molar-refractivity contribution is 7.90. The average molecular weight is 237 g/mol. The quantitative estimate of drug-likeness (QED) is 0.233. The molecule has 1 amide bonds. The molecular formula is C7H15N3O4S. The van der Waals surface area contributed by atoms with E-state index < -0.39 is 21.7 Å². The van der Waals surface area contributed by atoms with E-state index in [4.69, 9.17) is 10.9 Å². The van der Waals surface area contributed by atoms with Gasteiger partial charge in [0, 0.05) is 12.8 Å². The number of nitrogens with zero attached hydrogens (tertiary/aromatic N) is 1. The van der Waals surface area contributed by atoms with Crippen LogP contribution in [0.15, 0.2) is 5.16 Å². The Balaban J connectivity index is 4.06. The predicted molar refractivity (Wildman–Crippen MR) is 55.3 cm³/mol. The number of nitrogens with one attached hydrogen (secondary N) is 1. The van der Waals surface area contributed by atoms with Crippen molar-refractivity contribution in [3.63, 3.8) is 0 Å². The summed E-state index contributed by atoms with van der Waals surface area (Å²) in [5, 5.41) is 13.3. The third-order valence-corrected chi connectivity index (χ3v) is 2.67. The van der Waals surface area contributed by atoms with Crippen LogP contribution in [-0.2, 0) is 14.6 Å². The van der Waals surface area contributed by atoms with Gasteiger partial charge >= 0.3 is 0 Å². The van der Waals surface area contributed by atoms with E-state index in [9.17, 15) is 13.2 Å². The summed E-state index contributed by atoms with van der Waals surface area (Å²) in [5.41, 5.74) is 5.20. The van der Waals surface area contributed by atoms with Gasteiger partial charge in [0.25, 0.3) is 0 Å². The Kier molecular flexibility index (Phi) is 5.06. The molecule has 0 saturated carbocycles. The van der Waals surface area contributed by atoms with E-state index in [-0.39, 0.29) is 18.1 Å². The molecule has 0 spiro atoms. The van der Waals surface area contributed by atoms with Crippen LogP contribution in [0.1, 0.15) is 6.92 Å². The largest absolute Gasteiger partial charge is 0.409 e. The average Bonchev–Trinajstić information content (AvgIpc) is 2.13. The first-order valence-corrected chi connectivity index (χ1v) is 6.27. The predicted octanol–water partition coefficient (Wildman–Crippen LogP) is -1.47. The third kappa shape index (κ3) is 5.89. The first-order valence-electron chi connectivity index (χ1n) is 4.20. The number of amidine groups is 1. The minimum Gasteiger partial charge on any atom is -0.409 e. The van der Waals surface area contributed by atoms with Gasteiger partial charge in [-0.2, -0.15) is 0 Å². The summed E-state index contributed by atoms with van der Waals surface area (Å²) in [6.07, 6.45) is 1.08. The van der Waals surface area contributed by atoms with Gasteiger partial charge in [0.15, 0.2) is 5.84 Å². The first kappa shape index (κ1) is 13.7. The Morgan fingerprint density at radius 2 is 2.13 bits per heavy atom. The lowest BCUT2D eigenvalue weighted by Crippen LogP contribution is -2.39. The molecule has 0 aliphatic rings. The zero-order valence-electron chi connectivity index (χ0n) is 8.60. The van der Waals surface area contributed by atoms with Gasteiger partial charge in [-0.05, 0) is 6.92 Å². The lowest BCUT2D eigenvalue weighted by Gasteiger charge is -2.09. The molecular weight excluding hydrogens is 222 g/mol. The van der Waals surface area contributed by atoms with E-state index in [1.165, 1.54) is 6.92 Å². The van der Waals surface area contributed by atoms with E-state index in [0.717, 1.165) is 6.26 Å². The summed E-state index contributed by atoms with van der Waals surface area (Å²) in [7, 11) is -3.10. The van der Waals surface area contributed by atoms with Crippen LogP contribution in [0.25, 0.3) is 0 Å². The SMILES string of the molecule is CC(C(=O)NCCS(C)(=O)=O)C(N)=NO. The molecule has 0 aliphatic carbocycles. The zero-order chi connectivity index (χ0) is 12.1. The highest BCUT2D eigenvalue weighted by atomic mass is 32.2. The van der Waals surface area contributed by atoms with E-state index >= 15 is 0 Å². The molecule has 88 valence electrons. The van der Waals surface area contributed by atoms with Crippen LogP contribution in [0.4, 0.5) is 0 Å². The number of rotatable bonds is 5. The maximum absolute atomic E-state index is 11.3. The molecule has 0 saturated heterocycles. The van der Waals surface area contributed by atoms with Crippen LogP contribution in [0, 0.1) is 5.92 Å². The molecule has 7 nitrogen and oxygen atoms in total. The Morgan fingerprint density at radius 1 is 1.60 bits per heavy atom. The second-order valence-corrected chi connectivity index (χ2v) is 5.43. The molecule has 8 heteroatoms. The van der Waals surface area contributed by atoms with Gasteiger partial charge in [0.1, 0.15) is 9.84 Å². The molecule has 15 heavy (non-hydrogen) atoms. The van der Waals surface area contributed by atoms with E-state index in [1.54, 1.807) is 0 Å². The molecule has 0 radical (unpaired) electrons. The molecule has 0 aromatic carbocycles. The number of carbonyl (C=O) groups excluding carboxylic acids is 1. The smallest absolute Gasteiger partial charge is 0.230 e. The van der Waals surface area contributed by atoms with Crippen LogP contribution in [-0.4, -0.2) is 43.9 Å². The molecule has 1 unspecified atom stereocenters. The van der Waals surface area contributed by atoms with Crippen molar-refractivity contribution in [2.45, 2.75) is 6.92 Å². The summed E-state index contributed by atoms with van der Waals surface area (Å²) < 4.78 is 21.5. The monoisotopic (exact) mass is 237 g/mol. The molecule has 0 rings (SSSR count). The lowest BCUT2D eigenvalue weighted by molar-refractivity contribution is -0.122. The Morgan fingerprint density at radius 3 is 2.53 bits per heavy atom. The number of hydrogen-bond acceptors (Lipinski definition) is 5. The van der Waals surface area contributed by atoms with Crippen molar-refractivity contribution < 1.29 is 18.4 Å². The minimum atomic E-state index is -3.10. The fraction of sp³-hybridized carbons (Fsp3) is 0.714. The van der Waals surface area contributed by atoms with Crippen molar-refractivity contribution >= 4 is 21.6 Å². The second-order valence-electron chi connectivity index (χ2n) is 3.17. The Bertz CT molecular complexity index is 349. The van der Waals surface area contributed by atoms with E-state index in [2.05, 4.69) is 10.5 Å². The van der Waals surface area contributed by atoms with Crippen molar-refractivity contribution in [1.29, 1.82) is 0 Å². The van der Waals surface area contributed by atoms with Crippen LogP contribution < -0.4 is 11.1 Å². The van der Waals surface area contributed by atoms with Gasteiger partial charge in [0.2, 0.25) is 5.91 Å². The Hall–Kier alpha value is -1.31. The van der Waals surface area contributed by atoms with Gasteiger partial charge in [-0.15, -0.1) is 0 Å². The fourth-order valence-corrected chi connectivity index (χ4v) is 1.21. The van der Waals surface area contributed by atoms with Crippen LogP contribution in [0.5, 0.6) is 0 Å². The van der Waals surface area contributed by atoms with Gasteiger partial charge in [-0.25, -0.2) is 8.42 Å². The number of nitrogens with two attached hydrogens (primary N) is 1. The zero-order valence-corrected chi connectivity index (χ0v) is 9.41. The van der Waals surface area contributed by atoms with Crippen LogP contribution in [0.3, 0.4) is 0 Å². The normalized spacial score (nSPS) is 14.7. The summed E-state index contributed by atoms with van der Waals surface area (Å²) in [4.78, 5) is 11.3. The number of carbonyl (C=O) groups is 1.